The van der Waals surface area contributed by atoms with Crippen molar-refractivity contribution in [2.45, 2.75) is 59.0 Å². The van der Waals surface area contributed by atoms with Gasteiger partial charge in [-0.05, 0) is 38.5 Å². The zero-order valence-electron chi connectivity index (χ0n) is 18.1. The van der Waals surface area contributed by atoms with Gasteiger partial charge in [0.05, 0.1) is 18.8 Å². The molecule has 2 N–H and O–H groups in total. The Balaban J connectivity index is 0.00000392. The van der Waals surface area contributed by atoms with E-state index in [0.29, 0.717) is 12.0 Å². The van der Waals surface area contributed by atoms with Crippen LogP contribution < -0.4 is 10.6 Å². The van der Waals surface area contributed by atoms with E-state index < -0.39 is 0 Å². The number of aromatic nitrogens is 2. The van der Waals surface area contributed by atoms with Gasteiger partial charge in [0.1, 0.15) is 0 Å². The quantitative estimate of drug-likeness (QED) is 0.290. The van der Waals surface area contributed by atoms with Gasteiger partial charge in [-0.1, -0.05) is 12.8 Å². The summed E-state index contributed by atoms with van der Waals surface area (Å²) in [7, 11) is 5.33. The minimum Gasteiger partial charge on any atom is -0.385 e. The van der Waals surface area contributed by atoms with Crippen LogP contribution in [0.2, 0.25) is 0 Å². The second-order valence-corrected chi connectivity index (χ2v) is 7.59. The van der Waals surface area contributed by atoms with E-state index in [1.807, 2.05) is 11.7 Å². The Morgan fingerprint density at radius 2 is 1.82 bits per heavy atom. The van der Waals surface area contributed by atoms with Crippen LogP contribution in [0.3, 0.4) is 0 Å². The molecule has 1 aromatic heterocycles. The molecule has 0 spiro atoms. The molecule has 8 heteroatoms. The van der Waals surface area contributed by atoms with Gasteiger partial charge in [0, 0.05) is 52.2 Å². The summed E-state index contributed by atoms with van der Waals surface area (Å²) in [5.74, 6) is 0.849. The smallest absolute Gasteiger partial charge is 0.191 e. The molecule has 0 aromatic carbocycles. The maximum absolute atomic E-state index is 5.33. The van der Waals surface area contributed by atoms with E-state index in [2.05, 4.69) is 34.6 Å². The van der Waals surface area contributed by atoms with Crippen LogP contribution in [-0.4, -0.2) is 56.8 Å². The molecule has 0 aliphatic heterocycles. The average Bonchev–Trinajstić information content (AvgIpc) is 3.24. The van der Waals surface area contributed by atoms with Crippen molar-refractivity contribution in [1.29, 1.82) is 0 Å². The number of nitrogens with one attached hydrogen (secondary N) is 2. The monoisotopic (exact) mass is 507 g/mol. The maximum atomic E-state index is 5.33. The Morgan fingerprint density at radius 1 is 1.14 bits per heavy atom. The van der Waals surface area contributed by atoms with E-state index >= 15 is 0 Å². The molecule has 162 valence electrons. The van der Waals surface area contributed by atoms with Crippen molar-refractivity contribution in [3.05, 3.63) is 17.0 Å². The Bertz CT molecular complexity index is 612. The third-order valence-corrected chi connectivity index (χ3v) is 5.83. The fraction of sp³-hybridized carbons (Fsp3) is 0.800. The molecular formula is C20H38IN5O2. The standard InChI is InChI=1S/C20H37N5O2.HI/c1-16-18(17(2)25(24-16)11-13-27-5)14-22-19(21-3)23-15-20(10-12-26-4)8-6-7-9-20;/h6-15H2,1-5H3,(H2,21,22,23);1H. The first kappa shape index (κ1) is 25.2. The van der Waals surface area contributed by atoms with Crippen LogP contribution in [0.1, 0.15) is 49.1 Å². The van der Waals surface area contributed by atoms with Gasteiger partial charge >= 0.3 is 0 Å². The van der Waals surface area contributed by atoms with E-state index in [4.69, 9.17) is 9.47 Å². The number of rotatable bonds is 10. The first-order valence-corrected chi connectivity index (χ1v) is 10.0. The summed E-state index contributed by atoms with van der Waals surface area (Å²) >= 11 is 0. The molecular weight excluding hydrogens is 469 g/mol. The largest absolute Gasteiger partial charge is 0.385 e. The molecule has 1 aromatic rings. The summed E-state index contributed by atoms with van der Waals surface area (Å²) < 4.78 is 12.5. The predicted molar refractivity (Wildman–Crippen MR) is 125 cm³/mol. The topological polar surface area (TPSA) is 72.7 Å². The zero-order chi connectivity index (χ0) is 19.7. The van der Waals surface area contributed by atoms with Gasteiger partial charge in [-0.2, -0.15) is 5.10 Å². The highest BCUT2D eigenvalue weighted by molar-refractivity contribution is 14.0. The lowest BCUT2D eigenvalue weighted by Crippen LogP contribution is -2.43. The minimum atomic E-state index is 0. The van der Waals surface area contributed by atoms with Gasteiger partial charge in [0.2, 0.25) is 0 Å². The normalized spacial score (nSPS) is 16.1. The molecule has 0 saturated heterocycles. The van der Waals surface area contributed by atoms with E-state index in [1.54, 1.807) is 14.2 Å². The summed E-state index contributed by atoms with van der Waals surface area (Å²) in [6.07, 6.45) is 6.28. The minimum absolute atomic E-state index is 0. The third kappa shape index (κ3) is 6.88. The van der Waals surface area contributed by atoms with Crippen molar-refractivity contribution < 1.29 is 9.47 Å². The predicted octanol–water partition coefficient (Wildman–Crippen LogP) is 3.03. The van der Waals surface area contributed by atoms with Crippen molar-refractivity contribution in [1.82, 2.24) is 20.4 Å². The highest BCUT2D eigenvalue weighted by Gasteiger charge is 2.33. The van der Waals surface area contributed by atoms with Crippen LogP contribution >= 0.6 is 24.0 Å². The second-order valence-electron chi connectivity index (χ2n) is 7.59. The Kier molecular flexibility index (Phi) is 11.4. The van der Waals surface area contributed by atoms with Crippen molar-refractivity contribution in [3.63, 3.8) is 0 Å². The average molecular weight is 507 g/mol. The summed E-state index contributed by atoms with van der Waals surface area (Å²) in [6.45, 7) is 8.10. The fourth-order valence-corrected chi connectivity index (χ4v) is 4.01. The van der Waals surface area contributed by atoms with Crippen LogP contribution in [0.4, 0.5) is 0 Å². The maximum Gasteiger partial charge on any atom is 0.191 e. The Labute approximate surface area is 187 Å². The van der Waals surface area contributed by atoms with Gasteiger partial charge in [-0.15, -0.1) is 24.0 Å². The van der Waals surface area contributed by atoms with Crippen LogP contribution in [0, 0.1) is 19.3 Å². The Morgan fingerprint density at radius 3 is 2.43 bits per heavy atom. The molecule has 0 amide bonds. The van der Waals surface area contributed by atoms with Crippen molar-refractivity contribution in [2.24, 2.45) is 10.4 Å². The Hall–Kier alpha value is -0.870. The number of aliphatic imine (C=N–C) groups is 1. The molecule has 0 unspecified atom stereocenters. The molecule has 1 aliphatic carbocycles. The molecule has 0 bridgehead atoms. The fourth-order valence-electron chi connectivity index (χ4n) is 4.01. The van der Waals surface area contributed by atoms with E-state index in [-0.39, 0.29) is 24.0 Å². The number of aryl methyl sites for hydroxylation is 1. The van der Waals surface area contributed by atoms with Gasteiger partial charge in [-0.25, -0.2) is 0 Å². The number of hydrogen-bond donors (Lipinski definition) is 2. The highest BCUT2D eigenvalue weighted by atomic mass is 127. The van der Waals surface area contributed by atoms with Crippen molar-refractivity contribution in [2.75, 3.05) is 41.0 Å². The molecule has 28 heavy (non-hydrogen) atoms. The summed E-state index contributed by atoms with van der Waals surface area (Å²) in [4.78, 5) is 4.41. The number of methoxy groups -OCH3 is 2. The van der Waals surface area contributed by atoms with E-state index in [0.717, 1.165) is 44.3 Å². The van der Waals surface area contributed by atoms with E-state index in [1.165, 1.54) is 36.9 Å². The SMILES string of the molecule is CN=C(NCc1c(C)nn(CCOC)c1C)NCC1(CCOC)CCCC1.I. The number of halogens is 1. The molecule has 7 nitrogen and oxygen atoms in total. The van der Waals surface area contributed by atoms with Crippen LogP contribution in [-0.2, 0) is 22.6 Å². The summed E-state index contributed by atoms with van der Waals surface area (Å²) in [5, 5.41) is 11.6. The van der Waals surface area contributed by atoms with Crippen LogP contribution in [0.25, 0.3) is 0 Å². The highest BCUT2D eigenvalue weighted by Crippen LogP contribution is 2.40. The van der Waals surface area contributed by atoms with Crippen molar-refractivity contribution >= 4 is 29.9 Å². The number of nitrogens with zero attached hydrogens (tertiary/aromatic N) is 3. The second kappa shape index (κ2) is 12.6. The molecule has 1 heterocycles. The molecule has 0 atom stereocenters. The molecule has 2 rings (SSSR count). The first-order chi connectivity index (χ1) is 13.0. The van der Waals surface area contributed by atoms with Crippen LogP contribution in [0.15, 0.2) is 4.99 Å². The lowest BCUT2D eigenvalue weighted by Gasteiger charge is -2.30. The summed E-state index contributed by atoms with van der Waals surface area (Å²) in [6, 6.07) is 0. The van der Waals surface area contributed by atoms with Gasteiger partial charge < -0.3 is 20.1 Å². The molecule has 1 saturated carbocycles. The van der Waals surface area contributed by atoms with Gasteiger partial charge in [-0.3, -0.25) is 9.67 Å². The lowest BCUT2D eigenvalue weighted by molar-refractivity contribution is 0.138. The molecule has 1 aliphatic rings. The number of guanidine groups is 1. The number of ether oxygens (including phenoxy) is 2. The van der Waals surface area contributed by atoms with Gasteiger partial charge in [0.25, 0.3) is 0 Å². The number of hydrogen-bond acceptors (Lipinski definition) is 4. The molecule has 0 radical (unpaired) electrons. The lowest BCUT2D eigenvalue weighted by atomic mass is 9.83. The van der Waals surface area contributed by atoms with E-state index in [9.17, 15) is 0 Å². The molecule has 1 fully saturated rings. The van der Waals surface area contributed by atoms with Gasteiger partial charge in [0.15, 0.2) is 5.96 Å². The summed E-state index contributed by atoms with van der Waals surface area (Å²) in [5.41, 5.74) is 3.80. The first-order valence-electron chi connectivity index (χ1n) is 10.0. The van der Waals surface area contributed by atoms with Crippen LogP contribution in [0.5, 0.6) is 0 Å². The van der Waals surface area contributed by atoms with Crippen molar-refractivity contribution in [3.8, 4) is 0 Å². The third-order valence-electron chi connectivity index (χ3n) is 5.83. The zero-order valence-corrected chi connectivity index (χ0v) is 20.5.